The number of hydrogen-bond donors (Lipinski definition) is 1. The molecule has 1 amide bonds. The quantitative estimate of drug-likeness (QED) is 0.806. The fourth-order valence-electron chi connectivity index (χ4n) is 1.93. The maximum atomic E-state index is 12.5. The van der Waals surface area contributed by atoms with E-state index in [4.69, 9.17) is 0 Å². The number of hydrogen-bond acceptors (Lipinski definition) is 2. The van der Waals surface area contributed by atoms with Gasteiger partial charge in [-0.05, 0) is 23.6 Å². The molecule has 1 atom stereocenters. The molecule has 0 unspecified atom stereocenters. The topological polar surface area (TPSA) is 29.1 Å². The maximum absolute atomic E-state index is 12.5. The summed E-state index contributed by atoms with van der Waals surface area (Å²) >= 11 is 1.59. The van der Waals surface area contributed by atoms with Gasteiger partial charge in [-0.15, -0.1) is 11.8 Å². The third-order valence-electron chi connectivity index (χ3n) is 3.02. The van der Waals surface area contributed by atoms with Gasteiger partial charge < -0.3 is 5.32 Å². The minimum Gasteiger partial charge on any atom is -0.355 e. The summed E-state index contributed by atoms with van der Waals surface area (Å²) < 4.78 is 0. The highest BCUT2D eigenvalue weighted by Crippen LogP contribution is 2.35. The molecule has 0 aliphatic carbocycles. The van der Waals surface area contributed by atoms with Gasteiger partial charge in [0, 0.05) is 11.4 Å². The standard InChI is InChI=1S/C18H21NOS/c1-14(2)13-19-18(20)17(15-9-5-3-6-10-15)21-16-11-7-4-8-12-16/h3-12,14,17H,13H2,1-2H3,(H,19,20)/t17-/m1/s1. The van der Waals surface area contributed by atoms with Gasteiger partial charge in [0.15, 0.2) is 0 Å². The summed E-state index contributed by atoms with van der Waals surface area (Å²) in [6.45, 7) is 4.90. The van der Waals surface area contributed by atoms with Crippen molar-refractivity contribution in [3.8, 4) is 0 Å². The number of amides is 1. The number of carbonyl (C=O) groups excluding carboxylic acids is 1. The predicted octanol–water partition coefficient (Wildman–Crippen LogP) is 4.29. The zero-order chi connectivity index (χ0) is 15.1. The lowest BCUT2D eigenvalue weighted by atomic mass is 10.1. The Bertz CT molecular complexity index is 554. The van der Waals surface area contributed by atoms with Gasteiger partial charge in [-0.3, -0.25) is 4.79 Å². The second-order valence-electron chi connectivity index (χ2n) is 5.36. The molecule has 3 heteroatoms. The fourth-order valence-corrected chi connectivity index (χ4v) is 3.00. The minimum atomic E-state index is -0.215. The summed E-state index contributed by atoms with van der Waals surface area (Å²) in [5.41, 5.74) is 1.03. The van der Waals surface area contributed by atoms with Gasteiger partial charge in [0.05, 0.1) is 0 Å². The van der Waals surface area contributed by atoms with Crippen molar-refractivity contribution < 1.29 is 4.79 Å². The van der Waals surface area contributed by atoms with E-state index in [1.165, 1.54) is 0 Å². The van der Waals surface area contributed by atoms with Crippen LogP contribution in [0.1, 0.15) is 24.7 Å². The molecule has 21 heavy (non-hydrogen) atoms. The van der Waals surface area contributed by atoms with Gasteiger partial charge in [-0.1, -0.05) is 62.4 Å². The van der Waals surface area contributed by atoms with Crippen molar-refractivity contribution in [2.75, 3.05) is 6.54 Å². The van der Waals surface area contributed by atoms with Crippen LogP contribution in [0.25, 0.3) is 0 Å². The molecule has 0 saturated carbocycles. The highest BCUT2D eigenvalue weighted by molar-refractivity contribution is 8.00. The van der Waals surface area contributed by atoms with Crippen LogP contribution in [-0.2, 0) is 4.79 Å². The van der Waals surface area contributed by atoms with Crippen LogP contribution in [0.4, 0.5) is 0 Å². The van der Waals surface area contributed by atoms with E-state index in [2.05, 4.69) is 19.2 Å². The van der Waals surface area contributed by atoms with Crippen LogP contribution in [0.5, 0.6) is 0 Å². The number of rotatable bonds is 6. The smallest absolute Gasteiger partial charge is 0.238 e. The Morgan fingerprint density at radius 2 is 1.57 bits per heavy atom. The van der Waals surface area contributed by atoms with Gasteiger partial charge in [-0.25, -0.2) is 0 Å². The third kappa shape index (κ3) is 4.94. The molecule has 0 bridgehead atoms. The number of nitrogens with one attached hydrogen (secondary N) is 1. The van der Waals surface area contributed by atoms with Gasteiger partial charge in [-0.2, -0.15) is 0 Å². The van der Waals surface area contributed by atoms with Crippen LogP contribution in [0, 0.1) is 5.92 Å². The highest BCUT2D eigenvalue weighted by atomic mass is 32.2. The molecule has 0 fully saturated rings. The molecule has 110 valence electrons. The lowest BCUT2D eigenvalue weighted by molar-refractivity contribution is -0.120. The molecule has 0 heterocycles. The highest BCUT2D eigenvalue weighted by Gasteiger charge is 2.21. The van der Waals surface area contributed by atoms with Crippen molar-refractivity contribution in [3.05, 3.63) is 66.2 Å². The molecular formula is C18H21NOS. The molecular weight excluding hydrogens is 278 g/mol. The second-order valence-corrected chi connectivity index (χ2v) is 6.54. The molecule has 0 aliphatic rings. The number of benzene rings is 2. The first-order valence-electron chi connectivity index (χ1n) is 7.21. The fraction of sp³-hybridized carbons (Fsp3) is 0.278. The molecule has 0 radical (unpaired) electrons. The predicted molar refractivity (Wildman–Crippen MR) is 89.3 cm³/mol. The Morgan fingerprint density at radius 3 is 2.14 bits per heavy atom. The zero-order valence-electron chi connectivity index (χ0n) is 12.5. The zero-order valence-corrected chi connectivity index (χ0v) is 13.3. The van der Waals surface area contributed by atoms with Crippen molar-refractivity contribution in [1.29, 1.82) is 0 Å². The van der Waals surface area contributed by atoms with Crippen LogP contribution >= 0.6 is 11.8 Å². The summed E-state index contributed by atoms with van der Waals surface area (Å²) in [6.07, 6.45) is 0. The van der Waals surface area contributed by atoms with E-state index in [9.17, 15) is 4.79 Å². The lowest BCUT2D eigenvalue weighted by Crippen LogP contribution is -2.31. The molecule has 2 nitrogen and oxygen atoms in total. The van der Waals surface area contributed by atoms with Gasteiger partial charge in [0.2, 0.25) is 5.91 Å². The third-order valence-corrected chi connectivity index (χ3v) is 4.29. The SMILES string of the molecule is CC(C)CNC(=O)[C@H](Sc1ccccc1)c1ccccc1. The van der Waals surface area contributed by atoms with Crippen LogP contribution in [0.15, 0.2) is 65.6 Å². The van der Waals surface area contributed by atoms with Crippen LogP contribution in [-0.4, -0.2) is 12.5 Å². The van der Waals surface area contributed by atoms with Gasteiger partial charge in [0.1, 0.15) is 5.25 Å². The number of carbonyl (C=O) groups is 1. The first-order valence-corrected chi connectivity index (χ1v) is 8.09. The molecule has 0 aliphatic heterocycles. The van der Waals surface area contributed by atoms with E-state index in [0.29, 0.717) is 12.5 Å². The second kappa shape index (κ2) is 7.89. The summed E-state index contributed by atoms with van der Waals surface area (Å²) in [6, 6.07) is 20.0. The lowest BCUT2D eigenvalue weighted by Gasteiger charge is -2.18. The average Bonchev–Trinajstić information content (AvgIpc) is 2.52. The van der Waals surface area contributed by atoms with E-state index in [1.54, 1.807) is 11.8 Å². The first-order chi connectivity index (χ1) is 10.2. The Balaban J connectivity index is 2.16. The maximum Gasteiger partial charge on any atom is 0.238 e. The van der Waals surface area contributed by atoms with E-state index in [1.807, 2.05) is 60.7 Å². The summed E-state index contributed by atoms with van der Waals surface area (Å²) in [5.74, 6) is 0.524. The Hall–Kier alpha value is -1.74. The minimum absolute atomic E-state index is 0.0729. The Morgan fingerprint density at radius 1 is 1.00 bits per heavy atom. The van der Waals surface area contributed by atoms with E-state index in [-0.39, 0.29) is 11.2 Å². The molecule has 2 aromatic carbocycles. The van der Waals surface area contributed by atoms with Crippen LogP contribution in [0.3, 0.4) is 0 Å². The van der Waals surface area contributed by atoms with E-state index < -0.39 is 0 Å². The van der Waals surface area contributed by atoms with Crippen LogP contribution < -0.4 is 5.32 Å². The normalized spacial score (nSPS) is 12.1. The van der Waals surface area contributed by atoms with Crippen LogP contribution in [0.2, 0.25) is 0 Å². The molecule has 0 aromatic heterocycles. The molecule has 2 rings (SSSR count). The summed E-state index contributed by atoms with van der Waals surface area (Å²) in [4.78, 5) is 13.6. The van der Waals surface area contributed by atoms with Crippen molar-refractivity contribution in [1.82, 2.24) is 5.32 Å². The average molecular weight is 299 g/mol. The van der Waals surface area contributed by atoms with Crippen molar-refractivity contribution in [3.63, 3.8) is 0 Å². The van der Waals surface area contributed by atoms with Gasteiger partial charge in [0.25, 0.3) is 0 Å². The van der Waals surface area contributed by atoms with Crippen molar-refractivity contribution in [2.45, 2.75) is 24.0 Å². The summed E-state index contributed by atoms with van der Waals surface area (Å²) in [5, 5.41) is 2.83. The monoisotopic (exact) mass is 299 g/mol. The first kappa shape index (κ1) is 15.6. The number of thioether (sulfide) groups is 1. The molecule has 0 spiro atoms. The van der Waals surface area contributed by atoms with Gasteiger partial charge >= 0.3 is 0 Å². The summed E-state index contributed by atoms with van der Waals surface area (Å²) in [7, 11) is 0. The van der Waals surface area contributed by atoms with Crippen molar-refractivity contribution in [2.24, 2.45) is 5.92 Å². The van der Waals surface area contributed by atoms with Crippen molar-refractivity contribution >= 4 is 17.7 Å². The molecule has 1 N–H and O–H groups in total. The molecule has 0 saturated heterocycles. The largest absolute Gasteiger partial charge is 0.355 e. The molecule has 2 aromatic rings. The Labute approximate surface area is 131 Å². The van der Waals surface area contributed by atoms with E-state index >= 15 is 0 Å². The van der Waals surface area contributed by atoms with E-state index in [0.717, 1.165) is 10.5 Å². The Kier molecular flexibility index (Phi) is 5.88.